The van der Waals surface area contributed by atoms with Gasteiger partial charge in [0.15, 0.2) is 0 Å². The van der Waals surface area contributed by atoms with Crippen LogP contribution in [0.5, 0.6) is 5.75 Å². The third-order valence-corrected chi connectivity index (χ3v) is 3.14. The molecule has 1 aromatic rings. The number of rotatable bonds is 4. The van der Waals surface area contributed by atoms with Crippen molar-refractivity contribution in [3.05, 3.63) is 23.8 Å². The van der Waals surface area contributed by atoms with Gasteiger partial charge in [-0.2, -0.15) is 0 Å². The van der Waals surface area contributed by atoms with Crippen LogP contribution in [0.2, 0.25) is 0 Å². The molecule has 0 amide bonds. The van der Waals surface area contributed by atoms with Crippen molar-refractivity contribution in [3.63, 3.8) is 0 Å². The Morgan fingerprint density at radius 2 is 2.24 bits per heavy atom. The fraction of sp³-hybridized carbons (Fsp3) is 0.462. The van der Waals surface area contributed by atoms with Gasteiger partial charge in [0.05, 0.1) is 25.0 Å². The molecular formula is C13H17NO3. The highest BCUT2D eigenvalue weighted by molar-refractivity contribution is 5.90. The van der Waals surface area contributed by atoms with Crippen LogP contribution in [-0.2, 0) is 4.74 Å². The molecule has 0 aliphatic heterocycles. The number of carbonyl (C=O) groups is 1. The molecule has 1 aliphatic carbocycles. The molecule has 2 N–H and O–H groups in total. The summed E-state index contributed by atoms with van der Waals surface area (Å²) in [6, 6.07) is 4.91. The van der Waals surface area contributed by atoms with Crippen LogP contribution >= 0.6 is 0 Å². The number of ether oxygens (including phenoxy) is 2. The number of anilines is 1. The first kappa shape index (κ1) is 11.8. The van der Waals surface area contributed by atoms with Crippen molar-refractivity contribution in [1.29, 1.82) is 0 Å². The normalized spacial score (nSPS) is 15.1. The number of benzene rings is 1. The molecule has 1 aliphatic rings. The van der Waals surface area contributed by atoms with E-state index in [1.54, 1.807) is 18.2 Å². The van der Waals surface area contributed by atoms with Crippen molar-refractivity contribution < 1.29 is 14.3 Å². The average molecular weight is 235 g/mol. The van der Waals surface area contributed by atoms with Gasteiger partial charge in [0.25, 0.3) is 0 Å². The SMILES string of the molecule is COc1cc(C(=O)OCC2CCC2)ccc1N. The Labute approximate surface area is 101 Å². The molecular weight excluding hydrogens is 218 g/mol. The molecule has 2 rings (SSSR count). The lowest BCUT2D eigenvalue weighted by Gasteiger charge is -2.24. The third-order valence-electron chi connectivity index (χ3n) is 3.14. The molecule has 1 saturated carbocycles. The molecule has 4 heteroatoms. The Morgan fingerprint density at radius 1 is 1.47 bits per heavy atom. The van der Waals surface area contributed by atoms with E-state index in [-0.39, 0.29) is 5.97 Å². The van der Waals surface area contributed by atoms with Crippen LogP contribution in [0.4, 0.5) is 5.69 Å². The topological polar surface area (TPSA) is 61.5 Å². The zero-order valence-corrected chi connectivity index (χ0v) is 9.94. The molecule has 1 aromatic carbocycles. The van der Waals surface area contributed by atoms with Crippen molar-refractivity contribution in [3.8, 4) is 5.75 Å². The Kier molecular flexibility index (Phi) is 3.52. The molecule has 0 heterocycles. The fourth-order valence-corrected chi connectivity index (χ4v) is 1.77. The van der Waals surface area contributed by atoms with Gasteiger partial charge in [0.1, 0.15) is 5.75 Å². The highest BCUT2D eigenvalue weighted by Gasteiger charge is 2.20. The molecule has 0 spiro atoms. The maximum Gasteiger partial charge on any atom is 0.338 e. The van der Waals surface area contributed by atoms with Crippen LogP contribution in [0.3, 0.4) is 0 Å². The van der Waals surface area contributed by atoms with Crippen LogP contribution < -0.4 is 10.5 Å². The highest BCUT2D eigenvalue weighted by Crippen LogP contribution is 2.27. The molecule has 0 unspecified atom stereocenters. The molecule has 0 saturated heterocycles. The summed E-state index contributed by atoms with van der Waals surface area (Å²) in [5, 5.41) is 0. The first-order valence-electron chi connectivity index (χ1n) is 5.81. The first-order chi connectivity index (χ1) is 8.20. The second-order valence-electron chi connectivity index (χ2n) is 4.35. The predicted octanol–water partition coefficient (Wildman–Crippen LogP) is 2.23. The number of methoxy groups -OCH3 is 1. The van der Waals surface area contributed by atoms with Gasteiger partial charge in [-0.15, -0.1) is 0 Å². The minimum atomic E-state index is -0.310. The summed E-state index contributed by atoms with van der Waals surface area (Å²) in [6.45, 7) is 0.519. The van der Waals surface area contributed by atoms with Crippen LogP contribution in [0.15, 0.2) is 18.2 Å². The van der Waals surface area contributed by atoms with Gasteiger partial charge in [-0.1, -0.05) is 6.42 Å². The largest absolute Gasteiger partial charge is 0.495 e. The summed E-state index contributed by atoms with van der Waals surface area (Å²) in [5.74, 6) is 0.743. The summed E-state index contributed by atoms with van der Waals surface area (Å²) in [6.07, 6.45) is 3.58. The lowest BCUT2D eigenvalue weighted by molar-refractivity contribution is 0.0371. The second kappa shape index (κ2) is 5.08. The van der Waals surface area contributed by atoms with E-state index >= 15 is 0 Å². The van der Waals surface area contributed by atoms with E-state index in [4.69, 9.17) is 15.2 Å². The predicted molar refractivity (Wildman–Crippen MR) is 65.0 cm³/mol. The van der Waals surface area contributed by atoms with E-state index in [1.807, 2.05) is 0 Å². The first-order valence-corrected chi connectivity index (χ1v) is 5.81. The fourth-order valence-electron chi connectivity index (χ4n) is 1.77. The van der Waals surface area contributed by atoms with Crippen molar-refractivity contribution in [1.82, 2.24) is 0 Å². The number of hydrogen-bond acceptors (Lipinski definition) is 4. The second-order valence-corrected chi connectivity index (χ2v) is 4.35. The van der Waals surface area contributed by atoms with E-state index in [1.165, 1.54) is 26.4 Å². The number of nitrogen functional groups attached to an aromatic ring is 1. The van der Waals surface area contributed by atoms with Crippen LogP contribution in [0, 0.1) is 5.92 Å². The summed E-state index contributed by atoms with van der Waals surface area (Å²) >= 11 is 0. The third kappa shape index (κ3) is 2.70. The number of nitrogens with two attached hydrogens (primary N) is 1. The molecule has 0 atom stereocenters. The standard InChI is InChI=1S/C13H17NO3/c1-16-12-7-10(5-6-11(12)14)13(15)17-8-9-3-2-4-9/h5-7,9H,2-4,8,14H2,1H3. The molecule has 4 nitrogen and oxygen atoms in total. The van der Waals surface area contributed by atoms with Gasteiger partial charge in [-0.05, 0) is 37.0 Å². The number of hydrogen-bond donors (Lipinski definition) is 1. The zero-order chi connectivity index (χ0) is 12.3. The minimum Gasteiger partial charge on any atom is -0.495 e. The van der Waals surface area contributed by atoms with Gasteiger partial charge in [0.2, 0.25) is 0 Å². The van der Waals surface area contributed by atoms with Gasteiger partial charge >= 0.3 is 5.97 Å². The Hall–Kier alpha value is -1.71. The summed E-state index contributed by atoms with van der Waals surface area (Å²) in [7, 11) is 1.52. The van der Waals surface area contributed by atoms with E-state index in [0.29, 0.717) is 29.5 Å². The summed E-state index contributed by atoms with van der Waals surface area (Å²) in [4.78, 5) is 11.8. The van der Waals surface area contributed by atoms with E-state index in [0.717, 1.165) is 0 Å². The van der Waals surface area contributed by atoms with Crippen LogP contribution in [0.1, 0.15) is 29.6 Å². The van der Waals surface area contributed by atoms with Gasteiger partial charge in [-0.3, -0.25) is 0 Å². The highest BCUT2D eigenvalue weighted by atomic mass is 16.5. The van der Waals surface area contributed by atoms with Gasteiger partial charge in [-0.25, -0.2) is 4.79 Å². The number of esters is 1. The minimum absolute atomic E-state index is 0.310. The van der Waals surface area contributed by atoms with Gasteiger partial charge < -0.3 is 15.2 Å². The molecule has 0 radical (unpaired) electrons. The van der Waals surface area contributed by atoms with Gasteiger partial charge in [0, 0.05) is 0 Å². The monoisotopic (exact) mass is 235 g/mol. The van der Waals surface area contributed by atoms with Crippen molar-refractivity contribution >= 4 is 11.7 Å². The average Bonchev–Trinajstić information content (AvgIpc) is 2.27. The Balaban J connectivity index is 1.97. The quantitative estimate of drug-likeness (QED) is 0.642. The smallest absolute Gasteiger partial charge is 0.338 e. The van der Waals surface area contributed by atoms with Crippen LogP contribution in [-0.4, -0.2) is 19.7 Å². The summed E-state index contributed by atoms with van der Waals surface area (Å²) in [5.41, 5.74) is 6.67. The molecule has 0 aromatic heterocycles. The lowest BCUT2D eigenvalue weighted by Crippen LogP contribution is -2.20. The lowest BCUT2D eigenvalue weighted by atomic mass is 9.86. The molecule has 92 valence electrons. The maximum atomic E-state index is 11.8. The molecule has 0 bridgehead atoms. The Morgan fingerprint density at radius 3 is 2.82 bits per heavy atom. The van der Waals surface area contributed by atoms with Crippen molar-refractivity contribution in [2.45, 2.75) is 19.3 Å². The van der Waals surface area contributed by atoms with E-state index < -0.39 is 0 Å². The molecule has 17 heavy (non-hydrogen) atoms. The zero-order valence-electron chi connectivity index (χ0n) is 9.94. The Bertz CT molecular complexity index is 413. The van der Waals surface area contributed by atoms with E-state index in [9.17, 15) is 4.79 Å². The molecule has 1 fully saturated rings. The van der Waals surface area contributed by atoms with Crippen LogP contribution in [0.25, 0.3) is 0 Å². The van der Waals surface area contributed by atoms with E-state index in [2.05, 4.69) is 0 Å². The maximum absolute atomic E-state index is 11.8. The summed E-state index contributed by atoms with van der Waals surface area (Å²) < 4.78 is 10.3. The van der Waals surface area contributed by atoms with Crippen molar-refractivity contribution in [2.24, 2.45) is 5.92 Å². The number of carbonyl (C=O) groups excluding carboxylic acids is 1. The van der Waals surface area contributed by atoms with Crippen molar-refractivity contribution in [2.75, 3.05) is 19.5 Å².